The molecular weight excluding hydrogens is 522 g/mol. The Morgan fingerprint density at radius 3 is 2.87 bits per heavy atom. The highest BCUT2D eigenvalue weighted by Gasteiger charge is 2.20. The van der Waals surface area contributed by atoms with Gasteiger partial charge in [0, 0.05) is 10.0 Å². The standard InChI is InChI=1S/C18H13Br2N7O3/c19-10-5-9(16(29)11(20)6-10)7-22-24-14(28)8-27-13-4-2-1-3-12(13)23-18(27)15-17(21)26-30-25-15/h1-7,29H,8H2,(H2,21,26)(H,24,28)/b22-7-. The average molecular weight is 535 g/mol. The number of rotatable bonds is 5. The lowest BCUT2D eigenvalue weighted by Gasteiger charge is -2.07. The molecule has 0 bridgehead atoms. The number of amides is 1. The number of hydrazone groups is 1. The number of para-hydroxylation sites is 2. The molecule has 0 atom stereocenters. The van der Waals surface area contributed by atoms with Crippen molar-refractivity contribution in [3.63, 3.8) is 0 Å². The summed E-state index contributed by atoms with van der Waals surface area (Å²) >= 11 is 6.58. The van der Waals surface area contributed by atoms with Gasteiger partial charge in [-0.15, -0.1) is 0 Å². The molecule has 0 aliphatic heterocycles. The van der Waals surface area contributed by atoms with Crippen molar-refractivity contribution < 1.29 is 14.5 Å². The maximum absolute atomic E-state index is 12.5. The number of phenolic OH excluding ortho intramolecular Hbond substituents is 1. The lowest BCUT2D eigenvalue weighted by atomic mass is 10.2. The van der Waals surface area contributed by atoms with Gasteiger partial charge in [-0.05, 0) is 50.5 Å². The molecule has 0 saturated carbocycles. The molecule has 0 fully saturated rings. The quantitative estimate of drug-likeness (QED) is 0.263. The number of carbonyl (C=O) groups is 1. The highest BCUT2D eigenvalue weighted by molar-refractivity contribution is 9.11. The van der Waals surface area contributed by atoms with Gasteiger partial charge >= 0.3 is 0 Å². The predicted octanol–water partition coefficient (Wildman–Crippen LogP) is 3.05. The second-order valence-electron chi connectivity index (χ2n) is 6.13. The van der Waals surface area contributed by atoms with E-state index in [1.807, 2.05) is 24.3 Å². The van der Waals surface area contributed by atoms with Crippen LogP contribution >= 0.6 is 31.9 Å². The number of nitrogens with zero attached hydrogens (tertiary/aromatic N) is 5. The number of hydrogen-bond acceptors (Lipinski definition) is 8. The molecule has 10 nitrogen and oxygen atoms in total. The minimum Gasteiger partial charge on any atom is -0.506 e. The molecule has 0 spiro atoms. The molecule has 0 aliphatic carbocycles. The number of aromatic hydroxyl groups is 1. The largest absolute Gasteiger partial charge is 0.506 e. The van der Waals surface area contributed by atoms with E-state index in [0.29, 0.717) is 26.9 Å². The summed E-state index contributed by atoms with van der Waals surface area (Å²) in [6.45, 7) is -0.104. The Labute approximate surface area is 186 Å². The monoisotopic (exact) mass is 533 g/mol. The molecule has 2 aromatic carbocycles. The first-order valence-electron chi connectivity index (χ1n) is 8.47. The van der Waals surface area contributed by atoms with E-state index in [4.69, 9.17) is 5.73 Å². The number of nitrogens with one attached hydrogen (secondary N) is 1. The molecular formula is C18H13Br2N7O3. The third-order valence-electron chi connectivity index (χ3n) is 4.13. The molecule has 0 radical (unpaired) electrons. The summed E-state index contributed by atoms with van der Waals surface area (Å²) in [6.07, 6.45) is 1.34. The summed E-state index contributed by atoms with van der Waals surface area (Å²) < 4.78 is 7.55. The van der Waals surface area contributed by atoms with E-state index < -0.39 is 5.91 Å². The molecule has 12 heteroatoms. The predicted molar refractivity (Wildman–Crippen MR) is 117 cm³/mol. The number of halogens is 2. The number of nitrogen functional groups attached to an aromatic ring is 1. The smallest absolute Gasteiger partial charge is 0.260 e. The third-order valence-corrected chi connectivity index (χ3v) is 5.19. The Morgan fingerprint density at radius 1 is 1.30 bits per heavy atom. The average Bonchev–Trinajstić information content (AvgIpc) is 3.29. The number of phenols is 1. The van der Waals surface area contributed by atoms with Crippen LogP contribution in [-0.4, -0.2) is 37.1 Å². The Bertz CT molecular complexity index is 1280. The van der Waals surface area contributed by atoms with Crippen LogP contribution in [0.15, 0.2) is 55.1 Å². The van der Waals surface area contributed by atoms with Crippen LogP contribution in [0.4, 0.5) is 5.82 Å². The molecule has 4 aromatic rings. The van der Waals surface area contributed by atoms with E-state index in [2.05, 4.69) is 62.3 Å². The first-order valence-corrected chi connectivity index (χ1v) is 10.1. The molecule has 1 amide bonds. The van der Waals surface area contributed by atoms with Gasteiger partial charge in [0.25, 0.3) is 5.91 Å². The maximum Gasteiger partial charge on any atom is 0.260 e. The van der Waals surface area contributed by atoms with Crippen LogP contribution in [0, 0.1) is 0 Å². The normalized spacial score (nSPS) is 11.4. The van der Waals surface area contributed by atoms with Crippen LogP contribution in [-0.2, 0) is 11.3 Å². The number of benzene rings is 2. The summed E-state index contributed by atoms with van der Waals surface area (Å²) in [7, 11) is 0. The SMILES string of the molecule is Nc1nonc1-c1nc2ccccc2n1CC(=O)N/N=C\c1cc(Br)cc(Br)c1O. The van der Waals surface area contributed by atoms with E-state index >= 15 is 0 Å². The van der Waals surface area contributed by atoms with Crippen molar-refractivity contribution in [2.75, 3.05) is 5.73 Å². The fourth-order valence-electron chi connectivity index (χ4n) is 2.80. The fourth-order valence-corrected chi connectivity index (χ4v) is 4.06. The highest BCUT2D eigenvalue weighted by Crippen LogP contribution is 2.30. The number of nitrogens with two attached hydrogens (primary N) is 1. The summed E-state index contributed by atoms with van der Waals surface area (Å²) in [6, 6.07) is 10.7. The van der Waals surface area contributed by atoms with Crippen molar-refractivity contribution in [3.8, 4) is 17.3 Å². The zero-order chi connectivity index (χ0) is 21.3. The lowest BCUT2D eigenvalue weighted by molar-refractivity contribution is -0.121. The number of carbonyl (C=O) groups excluding carboxylic acids is 1. The summed E-state index contributed by atoms with van der Waals surface area (Å²) in [5.74, 6) is 0.00987. The third kappa shape index (κ3) is 3.91. The summed E-state index contributed by atoms with van der Waals surface area (Å²) in [4.78, 5) is 17.0. The molecule has 0 unspecified atom stereocenters. The van der Waals surface area contributed by atoms with E-state index in [1.54, 1.807) is 16.7 Å². The lowest BCUT2D eigenvalue weighted by Crippen LogP contribution is -2.23. The van der Waals surface area contributed by atoms with Crippen molar-refractivity contribution in [1.29, 1.82) is 0 Å². The van der Waals surface area contributed by atoms with Gasteiger partial charge in [-0.2, -0.15) is 5.10 Å². The van der Waals surface area contributed by atoms with Crippen LogP contribution < -0.4 is 11.2 Å². The Balaban J connectivity index is 1.59. The van der Waals surface area contributed by atoms with Gasteiger partial charge in [0.05, 0.1) is 21.7 Å². The Kier molecular flexibility index (Phi) is 5.50. The first kappa shape index (κ1) is 20.0. The van der Waals surface area contributed by atoms with Crippen molar-refractivity contribution in [2.45, 2.75) is 6.54 Å². The van der Waals surface area contributed by atoms with Crippen molar-refractivity contribution in [2.24, 2.45) is 5.10 Å². The number of aromatic nitrogens is 4. The van der Waals surface area contributed by atoms with Gasteiger partial charge in [0.2, 0.25) is 0 Å². The number of hydrogen-bond donors (Lipinski definition) is 3. The maximum atomic E-state index is 12.5. The molecule has 30 heavy (non-hydrogen) atoms. The topological polar surface area (TPSA) is 144 Å². The molecule has 0 saturated heterocycles. The first-order chi connectivity index (χ1) is 14.4. The van der Waals surface area contributed by atoms with Gasteiger partial charge < -0.3 is 15.4 Å². The van der Waals surface area contributed by atoms with Crippen molar-refractivity contribution >= 4 is 60.8 Å². The molecule has 2 heterocycles. The van der Waals surface area contributed by atoms with Crippen LogP contribution in [0.25, 0.3) is 22.6 Å². The number of anilines is 1. The van der Waals surface area contributed by atoms with Gasteiger partial charge in [-0.3, -0.25) is 4.79 Å². The van der Waals surface area contributed by atoms with Gasteiger partial charge in [-0.25, -0.2) is 15.0 Å². The van der Waals surface area contributed by atoms with Gasteiger partial charge in [-0.1, -0.05) is 28.1 Å². The fraction of sp³-hybridized carbons (Fsp3) is 0.0556. The Hall–Kier alpha value is -3.25. The second-order valence-corrected chi connectivity index (χ2v) is 7.90. The molecule has 0 aliphatic rings. The van der Waals surface area contributed by atoms with Crippen LogP contribution in [0.3, 0.4) is 0 Å². The minimum absolute atomic E-state index is 0.00750. The Morgan fingerprint density at radius 2 is 2.10 bits per heavy atom. The second kappa shape index (κ2) is 8.24. The molecule has 4 N–H and O–H groups in total. The number of fused-ring (bicyclic) bond motifs is 1. The minimum atomic E-state index is -0.417. The van der Waals surface area contributed by atoms with E-state index in [9.17, 15) is 9.90 Å². The van der Waals surface area contributed by atoms with Crippen molar-refractivity contribution in [1.82, 2.24) is 25.3 Å². The van der Waals surface area contributed by atoms with Crippen molar-refractivity contribution in [3.05, 3.63) is 50.9 Å². The zero-order valence-electron chi connectivity index (χ0n) is 15.1. The number of imidazole rings is 1. The summed E-state index contributed by atoms with van der Waals surface area (Å²) in [5, 5.41) is 21.3. The van der Waals surface area contributed by atoms with Crippen LogP contribution in [0.1, 0.15) is 5.56 Å². The zero-order valence-corrected chi connectivity index (χ0v) is 18.3. The van der Waals surface area contributed by atoms with Gasteiger partial charge in [0.15, 0.2) is 17.3 Å². The highest BCUT2D eigenvalue weighted by atomic mass is 79.9. The van der Waals surface area contributed by atoms with Crippen LogP contribution in [0.2, 0.25) is 0 Å². The van der Waals surface area contributed by atoms with Gasteiger partial charge in [0.1, 0.15) is 12.3 Å². The molecule has 2 aromatic heterocycles. The van der Waals surface area contributed by atoms with E-state index in [-0.39, 0.29) is 23.8 Å². The van der Waals surface area contributed by atoms with Crippen LogP contribution in [0.5, 0.6) is 5.75 Å². The van der Waals surface area contributed by atoms with E-state index in [1.165, 1.54) is 6.21 Å². The van der Waals surface area contributed by atoms with E-state index in [0.717, 1.165) is 4.47 Å². The molecule has 152 valence electrons. The summed E-state index contributed by atoms with van der Waals surface area (Å²) in [5.41, 5.74) is 10.3. The molecule has 4 rings (SSSR count).